The minimum absolute atomic E-state index is 0.510. The number of aromatic nitrogens is 2. The van der Waals surface area contributed by atoms with E-state index >= 15 is 0 Å². The highest BCUT2D eigenvalue weighted by atomic mass is 35.5. The Balaban J connectivity index is 2.50. The zero-order chi connectivity index (χ0) is 11.5. The zero-order valence-electron chi connectivity index (χ0n) is 8.50. The molecule has 0 aliphatic heterocycles. The molecule has 0 aliphatic rings. The van der Waals surface area contributed by atoms with Crippen molar-refractivity contribution < 1.29 is 0 Å². The van der Waals surface area contributed by atoms with Crippen molar-refractivity contribution in [3.05, 3.63) is 28.2 Å². The normalized spacial score (nSPS) is 10.4. The molecule has 2 rings (SSSR count). The average Bonchev–Trinajstić information content (AvgIpc) is 2.71. The van der Waals surface area contributed by atoms with Crippen LogP contribution < -0.4 is 5.32 Å². The van der Waals surface area contributed by atoms with Gasteiger partial charge in [-0.2, -0.15) is 8.75 Å². The van der Waals surface area contributed by atoms with E-state index in [-0.39, 0.29) is 0 Å². The van der Waals surface area contributed by atoms with Crippen LogP contribution in [0.3, 0.4) is 0 Å². The second kappa shape index (κ2) is 4.99. The summed E-state index contributed by atoms with van der Waals surface area (Å²) in [5.74, 6) is 0.747. The van der Waals surface area contributed by atoms with Crippen LogP contribution in [0.15, 0.2) is 18.2 Å². The fourth-order valence-electron chi connectivity index (χ4n) is 1.34. The number of anilines is 1. The van der Waals surface area contributed by atoms with E-state index in [1.165, 1.54) is 0 Å². The lowest BCUT2D eigenvalue weighted by Crippen LogP contribution is -1.98. The van der Waals surface area contributed by atoms with Crippen molar-refractivity contribution in [2.45, 2.75) is 6.92 Å². The minimum atomic E-state index is 0.510. The van der Waals surface area contributed by atoms with Gasteiger partial charge in [0.05, 0.1) is 21.8 Å². The Labute approximate surface area is 108 Å². The summed E-state index contributed by atoms with van der Waals surface area (Å²) in [6.45, 7) is 2.79. The summed E-state index contributed by atoms with van der Waals surface area (Å²) in [7, 11) is 0. The lowest BCUT2D eigenvalue weighted by molar-refractivity contribution is 1.19. The molecule has 0 bridgehead atoms. The standard InChI is InChI=1S/C10H9Cl2N3S/c1-2-13-10-9(14-16-15-10)6-4-3-5-7(11)8(6)12/h3-5H,2H2,1H3,(H,13,15). The quantitative estimate of drug-likeness (QED) is 0.921. The highest BCUT2D eigenvalue weighted by Gasteiger charge is 2.14. The van der Waals surface area contributed by atoms with Crippen LogP contribution in [0, 0.1) is 0 Å². The Bertz CT molecular complexity index is 499. The van der Waals surface area contributed by atoms with Crippen molar-refractivity contribution in [2.24, 2.45) is 0 Å². The van der Waals surface area contributed by atoms with Crippen molar-refractivity contribution >= 4 is 40.7 Å². The molecule has 0 fully saturated rings. The predicted octanol–water partition coefficient (Wildman–Crippen LogP) is 3.94. The number of benzene rings is 1. The molecule has 0 saturated heterocycles. The first-order valence-corrected chi connectivity index (χ1v) is 6.23. The number of halogens is 2. The molecule has 3 nitrogen and oxygen atoms in total. The smallest absolute Gasteiger partial charge is 0.168 e. The van der Waals surface area contributed by atoms with Crippen LogP contribution in [0.5, 0.6) is 0 Å². The molecule has 0 radical (unpaired) electrons. The maximum atomic E-state index is 6.13. The molecule has 0 saturated carbocycles. The van der Waals surface area contributed by atoms with Crippen molar-refractivity contribution in [2.75, 3.05) is 11.9 Å². The molecule has 16 heavy (non-hydrogen) atoms. The highest BCUT2D eigenvalue weighted by Crippen LogP contribution is 2.35. The predicted molar refractivity (Wildman–Crippen MR) is 69.5 cm³/mol. The second-order valence-electron chi connectivity index (χ2n) is 3.09. The number of rotatable bonds is 3. The molecule has 0 spiro atoms. The van der Waals surface area contributed by atoms with Gasteiger partial charge in [-0.15, -0.1) is 0 Å². The van der Waals surface area contributed by atoms with Crippen LogP contribution in [-0.2, 0) is 0 Å². The van der Waals surface area contributed by atoms with E-state index in [9.17, 15) is 0 Å². The molecule has 0 unspecified atom stereocenters. The van der Waals surface area contributed by atoms with Gasteiger partial charge < -0.3 is 5.32 Å². The number of nitrogens with zero attached hydrogens (tertiary/aromatic N) is 2. The summed E-state index contributed by atoms with van der Waals surface area (Å²) in [4.78, 5) is 0. The molecule has 0 aliphatic carbocycles. The summed E-state index contributed by atoms with van der Waals surface area (Å²) < 4.78 is 8.40. The molecule has 0 atom stereocenters. The van der Waals surface area contributed by atoms with Crippen molar-refractivity contribution in [1.82, 2.24) is 8.75 Å². The van der Waals surface area contributed by atoms with E-state index in [1.807, 2.05) is 19.1 Å². The maximum Gasteiger partial charge on any atom is 0.168 e. The first-order chi connectivity index (χ1) is 7.74. The number of nitrogens with one attached hydrogen (secondary N) is 1. The van der Waals surface area contributed by atoms with Gasteiger partial charge >= 0.3 is 0 Å². The molecule has 1 heterocycles. The van der Waals surface area contributed by atoms with Gasteiger partial charge in [0.2, 0.25) is 0 Å². The van der Waals surface area contributed by atoms with E-state index in [1.54, 1.807) is 6.07 Å². The van der Waals surface area contributed by atoms with Gasteiger partial charge in [0, 0.05) is 12.1 Å². The first kappa shape index (κ1) is 11.6. The third kappa shape index (κ3) is 2.14. The fraction of sp³-hybridized carbons (Fsp3) is 0.200. The second-order valence-corrected chi connectivity index (χ2v) is 4.41. The minimum Gasteiger partial charge on any atom is -0.368 e. The van der Waals surface area contributed by atoms with E-state index in [0.29, 0.717) is 10.0 Å². The lowest BCUT2D eigenvalue weighted by atomic mass is 10.1. The van der Waals surface area contributed by atoms with Gasteiger partial charge in [-0.05, 0) is 13.0 Å². The van der Waals surface area contributed by atoms with E-state index in [4.69, 9.17) is 23.2 Å². The van der Waals surface area contributed by atoms with Gasteiger partial charge in [0.25, 0.3) is 0 Å². The van der Waals surface area contributed by atoms with Crippen molar-refractivity contribution in [1.29, 1.82) is 0 Å². The largest absolute Gasteiger partial charge is 0.368 e. The molecule has 1 aromatic heterocycles. The van der Waals surface area contributed by atoms with Gasteiger partial charge in [-0.1, -0.05) is 35.3 Å². The molecule has 2 aromatic rings. The highest BCUT2D eigenvalue weighted by molar-refractivity contribution is 6.99. The zero-order valence-corrected chi connectivity index (χ0v) is 10.8. The summed E-state index contributed by atoms with van der Waals surface area (Å²) in [6.07, 6.45) is 0. The number of hydrogen-bond donors (Lipinski definition) is 1. The van der Waals surface area contributed by atoms with E-state index in [0.717, 1.165) is 35.3 Å². The van der Waals surface area contributed by atoms with Crippen LogP contribution in [-0.4, -0.2) is 15.3 Å². The van der Waals surface area contributed by atoms with Gasteiger partial charge in [0.15, 0.2) is 5.82 Å². The van der Waals surface area contributed by atoms with Crippen molar-refractivity contribution in [3.8, 4) is 11.3 Å². The topological polar surface area (TPSA) is 37.8 Å². The third-order valence-corrected chi connectivity index (χ3v) is 3.39. The van der Waals surface area contributed by atoms with Crippen LogP contribution in [0.4, 0.5) is 5.82 Å². The Morgan fingerprint density at radius 2 is 2.12 bits per heavy atom. The first-order valence-electron chi connectivity index (χ1n) is 4.75. The summed E-state index contributed by atoms with van der Waals surface area (Å²) in [5, 5.41) is 4.17. The summed E-state index contributed by atoms with van der Waals surface area (Å²) in [6, 6.07) is 5.48. The fourth-order valence-corrected chi connectivity index (χ4v) is 2.27. The SMILES string of the molecule is CCNc1nsnc1-c1cccc(Cl)c1Cl. The molecule has 0 amide bonds. The van der Waals surface area contributed by atoms with Crippen molar-refractivity contribution in [3.63, 3.8) is 0 Å². The Morgan fingerprint density at radius 3 is 2.88 bits per heavy atom. The van der Waals surface area contributed by atoms with Crippen LogP contribution in [0.1, 0.15) is 6.92 Å². The molecule has 6 heteroatoms. The van der Waals surface area contributed by atoms with E-state index < -0.39 is 0 Å². The molecule has 1 N–H and O–H groups in total. The summed E-state index contributed by atoms with van der Waals surface area (Å²) >= 11 is 13.2. The Morgan fingerprint density at radius 1 is 1.31 bits per heavy atom. The van der Waals surface area contributed by atoms with Gasteiger partial charge in [0.1, 0.15) is 5.69 Å². The monoisotopic (exact) mass is 273 g/mol. The van der Waals surface area contributed by atoms with Crippen LogP contribution in [0.25, 0.3) is 11.3 Å². The molecule has 1 aromatic carbocycles. The maximum absolute atomic E-state index is 6.13. The summed E-state index contributed by atoms with van der Waals surface area (Å²) in [5.41, 5.74) is 1.55. The van der Waals surface area contributed by atoms with Gasteiger partial charge in [-0.25, -0.2) is 0 Å². The molecular weight excluding hydrogens is 265 g/mol. The Hall–Kier alpha value is -0.840. The van der Waals surface area contributed by atoms with Crippen LogP contribution in [0.2, 0.25) is 10.0 Å². The van der Waals surface area contributed by atoms with Crippen LogP contribution >= 0.6 is 34.9 Å². The lowest BCUT2D eigenvalue weighted by Gasteiger charge is -2.05. The molecular formula is C10H9Cl2N3S. The molecule has 84 valence electrons. The number of hydrogen-bond acceptors (Lipinski definition) is 4. The van der Waals surface area contributed by atoms with E-state index in [2.05, 4.69) is 14.1 Å². The third-order valence-electron chi connectivity index (χ3n) is 2.04. The average molecular weight is 274 g/mol. The van der Waals surface area contributed by atoms with Gasteiger partial charge in [-0.3, -0.25) is 0 Å². The Kier molecular flexibility index (Phi) is 3.63.